The van der Waals surface area contributed by atoms with Gasteiger partial charge >= 0.3 is 19.9 Å². The van der Waals surface area contributed by atoms with E-state index in [0.29, 0.717) is 23.3 Å². The molecule has 7 rings (SSSR count). The van der Waals surface area contributed by atoms with Gasteiger partial charge in [-0.3, -0.25) is 9.53 Å². The van der Waals surface area contributed by atoms with E-state index in [9.17, 15) is 41.2 Å². The van der Waals surface area contributed by atoms with Crippen LogP contribution in [0.2, 0.25) is 5.02 Å². The van der Waals surface area contributed by atoms with Crippen LogP contribution in [-0.2, 0) is 46.2 Å². The Morgan fingerprint density at radius 1 is 1.18 bits per heavy atom. The molecule has 2 aliphatic heterocycles. The van der Waals surface area contributed by atoms with Gasteiger partial charge in [-0.05, 0) is 61.7 Å². The smallest absolute Gasteiger partial charge is 0.459 e. The number of anilines is 2. The SMILES string of the molecule is C[C@]1(O)C(n2ccc3c(N(NS(C)(=O)=O)C4CC4)nc(N)nc32)OC(COP(=O)(NC2C(=O)OCc3c2cccc3C(F)(F)F)Oc2ccc(Cl)cc2)[C@H]1O. The number of nitrogen functional groups attached to an aromatic ring is 1. The van der Waals surface area contributed by atoms with Crippen LogP contribution in [0.5, 0.6) is 5.75 Å². The number of hydrazine groups is 1. The molecule has 1 saturated heterocycles. The quantitative estimate of drug-likeness (QED) is 0.0779. The summed E-state index contributed by atoms with van der Waals surface area (Å²) in [6.07, 6.45) is -5.59. The third-order valence-corrected chi connectivity index (χ3v) is 11.4. The summed E-state index contributed by atoms with van der Waals surface area (Å²) < 4.78 is 104. The number of sulfonamides is 1. The molecule has 2 aromatic heterocycles. The number of nitrogens with one attached hydrogen (secondary N) is 2. The first-order valence-electron chi connectivity index (χ1n) is 16.5. The number of nitrogens with two attached hydrogens (primary N) is 1. The number of ether oxygens (including phenoxy) is 2. The van der Waals surface area contributed by atoms with Crippen molar-refractivity contribution in [1.29, 1.82) is 0 Å². The fourth-order valence-corrected chi connectivity index (χ4v) is 8.62. The molecule has 0 radical (unpaired) electrons. The number of hydrogen-bond donors (Lipinski definition) is 5. The summed E-state index contributed by atoms with van der Waals surface area (Å²) in [7, 11) is -8.55. The fourth-order valence-electron chi connectivity index (χ4n) is 6.42. The second-order valence-electron chi connectivity index (χ2n) is 13.4. The van der Waals surface area contributed by atoms with Gasteiger partial charge in [0.25, 0.3) is 0 Å². The van der Waals surface area contributed by atoms with Crippen molar-refractivity contribution in [2.24, 2.45) is 0 Å². The lowest BCUT2D eigenvalue weighted by atomic mass is 9.94. The normalized spacial score (nSPS) is 25.3. The van der Waals surface area contributed by atoms with Crippen molar-refractivity contribution in [3.8, 4) is 5.75 Å². The van der Waals surface area contributed by atoms with Crippen molar-refractivity contribution in [2.45, 2.75) is 68.7 Å². The van der Waals surface area contributed by atoms with E-state index >= 15 is 0 Å². The van der Waals surface area contributed by atoms with E-state index in [-0.39, 0.29) is 40.3 Å². The second-order valence-corrected chi connectivity index (χ2v) is 17.3. The van der Waals surface area contributed by atoms with Crippen LogP contribution >= 0.6 is 19.3 Å². The van der Waals surface area contributed by atoms with Gasteiger partial charge in [0.05, 0.1) is 23.8 Å². The second kappa shape index (κ2) is 14.2. The number of aromatic nitrogens is 3. The van der Waals surface area contributed by atoms with Crippen molar-refractivity contribution in [3.63, 3.8) is 0 Å². The number of esters is 1. The number of rotatable bonds is 12. The van der Waals surface area contributed by atoms with Crippen LogP contribution in [0, 0.1) is 0 Å². The Morgan fingerprint density at radius 3 is 2.55 bits per heavy atom. The summed E-state index contributed by atoms with van der Waals surface area (Å²) in [4.78, 5) is 24.0. The molecule has 1 aliphatic carbocycles. The third-order valence-electron chi connectivity index (χ3n) is 9.14. The van der Waals surface area contributed by atoms with Gasteiger partial charge in [0.15, 0.2) is 12.0 Å². The van der Waals surface area contributed by atoms with E-state index < -0.39 is 78.8 Å². The first-order valence-corrected chi connectivity index (χ1v) is 20.3. The van der Waals surface area contributed by atoms with E-state index in [1.807, 2.05) is 0 Å². The molecule has 2 aromatic carbocycles. The minimum atomic E-state index is -4.81. The molecule has 55 heavy (non-hydrogen) atoms. The van der Waals surface area contributed by atoms with Gasteiger partial charge in [-0.25, -0.2) is 17.8 Å². The molecule has 0 amide bonds. The molecule has 6 atom stereocenters. The Balaban J connectivity index is 1.18. The minimum absolute atomic E-state index is 0.0797. The summed E-state index contributed by atoms with van der Waals surface area (Å²) >= 11 is 5.98. The number of nitrogens with zero attached hydrogens (tertiary/aromatic N) is 4. The lowest BCUT2D eigenvalue weighted by molar-refractivity contribution is -0.152. The average Bonchev–Trinajstić information content (AvgIpc) is 3.82. The first kappa shape index (κ1) is 39.2. The van der Waals surface area contributed by atoms with Crippen molar-refractivity contribution < 1.29 is 59.7 Å². The molecule has 23 heteroatoms. The Kier molecular flexibility index (Phi) is 10.1. The molecular weight excluding hydrogens is 798 g/mol. The standard InChI is InChI=1S/C32H34ClF3N7O10PS/c1-31(46)25(44)23(52-29(31)42-13-12-20-26(42)38-30(37)39-27(20)43(17-8-9-17)41-55(2,48)49)15-51-54(47,53-18-10-6-16(33)7-11-18)40-24-19-4-3-5-22(32(34,35)36)21(19)14-50-28(24)45/h3-7,10-13,17,23-25,29,41,44,46H,8-9,14-15H2,1-2H3,(H,40,47)(H2,37,38,39)/t23?,24?,25-,29?,31-,54?/m1/s1. The molecule has 0 bridgehead atoms. The maximum atomic E-state index is 14.5. The predicted molar refractivity (Wildman–Crippen MR) is 189 cm³/mol. The van der Waals surface area contributed by atoms with Crippen LogP contribution in [0.3, 0.4) is 0 Å². The predicted octanol–water partition coefficient (Wildman–Crippen LogP) is 3.72. The highest BCUT2D eigenvalue weighted by molar-refractivity contribution is 7.88. The molecule has 2 fully saturated rings. The van der Waals surface area contributed by atoms with Crippen molar-refractivity contribution in [1.82, 2.24) is 24.5 Å². The van der Waals surface area contributed by atoms with Gasteiger partial charge < -0.3 is 34.5 Å². The van der Waals surface area contributed by atoms with E-state index in [4.69, 9.17) is 35.9 Å². The van der Waals surface area contributed by atoms with Gasteiger partial charge in [-0.15, -0.1) is 4.83 Å². The van der Waals surface area contributed by atoms with Crippen LogP contribution in [0.4, 0.5) is 24.9 Å². The highest BCUT2D eigenvalue weighted by Gasteiger charge is 2.54. The number of cyclic esters (lactones) is 1. The first-order chi connectivity index (χ1) is 25.7. The van der Waals surface area contributed by atoms with E-state index in [1.54, 1.807) is 6.07 Å². The molecule has 1 saturated carbocycles. The van der Waals surface area contributed by atoms with Crippen molar-refractivity contribution in [2.75, 3.05) is 23.6 Å². The number of carbonyl (C=O) groups is 1. The number of carbonyl (C=O) groups excluding carboxylic acids is 1. The number of halogens is 4. The Bertz CT molecular complexity index is 2300. The van der Waals surface area contributed by atoms with Crippen molar-refractivity contribution >= 4 is 58.1 Å². The Morgan fingerprint density at radius 2 is 1.89 bits per heavy atom. The molecule has 4 unspecified atom stereocenters. The van der Waals surface area contributed by atoms with Crippen molar-refractivity contribution in [3.05, 3.63) is 76.4 Å². The highest BCUT2D eigenvalue weighted by Crippen LogP contribution is 2.50. The number of hydrogen-bond acceptors (Lipinski definition) is 14. The maximum Gasteiger partial charge on any atom is 0.459 e. The molecular formula is C32H34ClF3N7O10PS. The number of benzene rings is 2. The summed E-state index contributed by atoms with van der Waals surface area (Å²) in [6.45, 7) is -0.197. The number of alkyl halides is 3. The Labute approximate surface area is 316 Å². The minimum Gasteiger partial charge on any atom is -0.459 e. The molecule has 3 aliphatic rings. The van der Waals surface area contributed by atoms with Crippen LogP contribution in [0.1, 0.15) is 48.7 Å². The lowest BCUT2D eigenvalue weighted by Gasteiger charge is -2.30. The Hall–Kier alpha value is -4.05. The zero-order valence-electron chi connectivity index (χ0n) is 28.8. The summed E-state index contributed by atoms with van der Waals surface area (Å²) in [5, 5.41) is 27.3. The molecule has 0 spiro atoms. The zero-order valence-corrected chi connectivity index (χ0v) is 31.3. The van der Waals surface area contributed by atoms with Gasteiger partial charge in [-0.2, -0.15) is 28.2 Å². The monoisotopic (exact) mass is 831 g/mol. The summed E-state index contributed by atoms with van der Waals surface area (Å²) in [5.41, 5.74) is 2.47. The van der Waals surface area contributed by atoms with Gasteiger partial charge in [0.2, 0.25) is 16.0 Å². The molecule has 6 N–H and O–H groups in total. The largest absolute Gasteiger partial charge is 0.459 e. The fraction of sp³-hybridized carbons (Fsp3) is 0.406. The van der Waals surface area contributed by atoms with Crippen LogP contribution in [0.25, 0.3) is 11.0 Å². The summed E-state index contributed by atoms with van der Waals surface area (Å²) in [6, 6.07) is 8.18. The molecule has 4 aromatic rings. The third kappa shape index (κ3) is 7.98. The number of aliphatic hydroxyl groups is 2. The summed E-state index contributed by atoms with van der Waals surface area (Å²) in [5.74, 6) is -1.24. The average molecular weight is 832 g/mol. The topological polar surface area (TPSA) is 230 Å². The maximum absolute atomic E-state index is 14.5. The number of fused-ring (bicyclic) bond motifs is 2. The van der Waals surface area contributed by atoms with Gasteiger partial charge in [0, 0.05) is 22.8 Å². The van der Waals surface area contributed by atoms with E-state index in [2.05, 4.69) is 19.9 Å². The molecule has 17 nitrogen and oxygen atoms in total. The van der Waals surface area contributed by atoms with Gasteiger partial charge in [-0.1, -0.05) is 23.7 Å². The zero-order chi connectivity index (χ0) is 39.7. The van der Waals surface area contributed by atoms with E-state index in [1.165, 1.54) is 53.0 Å². The van der Waals surface area contributed by atoms with Crippen LogP contribution < -0.4 is 25.2 Å². The lowest BCUT2D eigenvalue weighted by Crippen LogP contribution is -2.44. The highest BCUT2D eigenvalue weighted by atomic mass is 35.5. The molecule has 4 heterocycles. The van der Waals surface area contributed by atoms with Gasteiger partial charge in [0.1, 0.15) is 41.9 Å². The van der Waals surface area contributed by atoms with E-state index in [0.717, 1.165) is 18.4 Å². The van der Waals surface area contributed by atoms with Crippen LogP contribution in [0.15, 0.2) is 54.7 Å². The number of aliphatic hydroxyl groups excluding tert-OH is 1. The molecule has 296 valence electrons. The van der Waals surface area contributed by atoms with Crippen LogP contribution in [-0.4, -0.2) is 75.8 Å².